The van der Waals surface area contributed by atoms with Crippen LogP contribution < -0.4 is 5.32 Å². The van der Waals surface area contributed by atoms with Gasteiger partial charge in [0, 0.05) is 30.9 Å². The largest absolute Gasteiger partial charge is 0.336 e. The van der Waals surface area contributed by atoms with Gasteiger partial charge < -0.3 is 10.2 Å². The molecule has 116 valence electrons. The van der Waals surface area contributed by atoms with Crippen LogP contribution in [-0.2, 0) is 6.42 Å². The number of carbonyl (C=O) groups excluding carboxylic acids is 1. The Morgan fingerprint density at radius 3 is 3.00 bits per heavy atom. The van der Waals surface area contributed by atoms with E-state index in [9.17, 15) is 4.79 Å². The average Bonchev–Trinajstić information content (AvgIpc) is 3.03. The van der Waals surface area contributed by atoms with Crippen molar-refractivity contribution in [2.24, 2.45) is 0 Å². The summed E-state index contributed by atoms with van der Waals surface area (Å²) in [7, 11) is 1.96. The smallest absolute Gasteiger partial charge is 0.273 e. The fourth-order valence-corrected chi connectivity index (χ4v) is 3.62. The van der Waals surface area contributed by atoms with Gasteiger partial charge in [-0.15, -0.1) is 11.3 Å². The highest BCUT2D eigenvalue weighted by molar-refractivity contribution is 7.09. The summed E-state index contributed by atoms with van der Waals surface area (Å²) in [4.78, 5) is 19.0. The third-order valence-electron chi connectivity index (χ3n) is 4.09. The third kappa shape index (κ3) is 3.54. The van der Waals surface area contributed by atoms with Gasteiger partial charge in [-0.25, -0.2) is 4.98 Å². The van der Waals surface area contributed by atoms with E-state index < -0.39 is 0 Å². The summed E-state index contributed by atoms with van der Waals surface area (Å²) in [5.41, 5.74) is 1.82. The van der Waals surface area contributed by atoms with E-state index in [0.29, 0.717) is 11.7 Å². The molecule has 1 N–H and O–H groups in total. The molecule has 0 saturated carbocycles. The van der Waals surface area contributed by atoms with Crippen LogP contribution in [0.4, 0.5) is 0 Å². The van der Waals surface area contributed by atoms with E-state index in [4.69, 9.17) is 0 Å². The van der Waals surface area contributed by atoms with Crippen LogP contribution in [0.2, 0.25) is 0 Å². The Labute approximate surface area is 135 Å². The third-order valence-corrected chi connectivity index (χ3v) is 4.93. The second kappa shape index (κ2) is 7.03. The molecular weight excluding hydrogens is 294 g/mol. The predicted molar refractivity (Wildman–Crippen MR) is 89.3 cm³/mol. The summed E-state index contributed by atoms with van der Waals surface area (Å²) in [6.07, 6.45) is 2.98. The average molecular weight is 315 g/mol. The number of thiazole rings is 1. The molecule has 3 rings (SSSR count). The van der Waals surface area contributed by atoms with E-state index in [-0.39, 0.29) is 5.91 Å². The fourth-order valence-electron chi connectivity index (χ4n) is 2.82. The number of nitrogens with zero attached hydrogens (tertiary/aromatic N) is 2. The first-order valence-electron chi connectivity index (χ1n) is 7.71. The highest BCUT2D eigenvalue weighted by Crippen LogP contribution is 2.18. The van der Waals surface area contributed by atoms with Gasteiger partial charge in [0.2, 0.25) is 0 Å². The first kappa shape index (κ1) is 15.2. The topological polar surface area (TPSA) is 45.2 Å². The first-order chi connectivity index (χ1) is 10.8. The van der Waals surface area contributed by atoms with E-state index in [1.165, 1.54) is 5.56 Å². The van der Waals surface area contributed by atoms with Crippen LogP contribution in [0.1, 0.15) is 33.9 Å². The van der Waals surface area contributed by atoms with E-state index in [1.54, 1.807) is 11.3 Å². The first-order valence-corrected chi connectivity index (χ1v) is 8.59. The Morgan fingerprint density at radius 2 is 2.23 bits per heavy atom. The van der Waals surface area contributed by atoms with Crippen LogP contribution in [0.15, 0.2) is 35.7 Å². The van der Waals surface area contributed by atoms with Gasteiger partial charge >= 0.3 is 0 Å². The van der Waals surface area contributed by atoms with Crippen molar-refractivity contribution in [3.63, 3.8) is 0 Å². The number of likely N-dealkylation sites (tertiary alicyclic amines) is 1. The second-order valence-corrected chi connectivity index (χ2v) is 6.61. The number of benzene rings is 1. The number of nitrogens with one attached hydrogen (secondary N) is 1. The summed E-state index contributed by atoms with van der Waals surface area (Å²) < 4.78 is 0. The van der Waals surface area contributed by atoms with Crippen LogP contribution in [0.3, 0.4) is 0 Å². The van der Waals surface area contributed by atoms with Gasteiger partial charge in [0.25, 0.3) is 5.91 Å². The van der Waals surface area contributed by atoms with Gasteiger partial charge in [0.05, 0.1) is 5.01 Å². The minimum atomic E-state index is 0.0653. The van der Waals surface area contributed by atoms with Crippen LogP contribution in [0.5, 0.6) is 0 Å². The maximum absolute atomic E-state index is 12.6. The molecule has 22 heavy (non-hydrogen) atoms. The van der Waals surface area contributed by atoms with Crippen molar-refractivity contribution in [1.29, 1.82) is 0 Å². The lowest BCUT2D eigenvalue weighted by Gasteiger charge is -2.32. The Kier molecular flexibility index (Phi) is 4.85. The Bertz CT molecular complexity index is 626. The van der Waals surface area contributed by atoms with Crippen LogP contribution in [-0.4, -0.2) is 42.0 Å². The molecule has 1 aliphatic heterocycles. The zero-order chi connectivity index (χ0) is 15.4. The number of likely N-dealkylation sites (N-methyl/N-ethyl adjacent to an activating group) is 1. The molecule has 1 saturated heterocycles. The minimum absolute atomic E-state index is 0.0653. The van der Waals surface area contributed by atoms with E-state index >= 15 is 0 Å². The van der Waals surface area contributed by atoms with Crippen molar-refractivity contribution in [3.8, 4) is 0 Å². The predicted octanol–water partition coefficient (Wildman–Crippen LogP) is 2.56. The number of aromatic nitrogens is 1. The SMILES string of the molecule is CNC1CCCN(C(=O)c2csc(Cc3ccccc3)n2)C1. The lowest BCUT2D eigenvalue weighted by molar-refractivity contribution is 0.0693. The zero-order valence-electron chi connectivity index (χ0n) is 12.8. The molecule has 2 heterocycles. The van der Waals surface area contributed by atoms with Gasteiger partial charge in [-0.3, -0.25) is 4.79 Å². The highest BCUT2D eigenvalue weighted by atomic mass is 32.1. The second-order valence-electron chi connectivity index (χ2n) is 5.67. The Morgan fingerprint density at radius 1 is 1.41 bits per heavy atom. The van der Waals surface area contributed by atoms with Gasteiger partial charge in [0.1, 0.15) is 5.69 Å². The van der Waals surface area contributed by atoms with E-state index in [1.807, 2.05) is 35.5 Å². The molecule has 1 unspecified atom stereocenters. The van der Waals surface area contributed by atoms with E-state index in [0.717, 1.165) is 37.4 Å². The number of hydrogen-bond acceptors (Lipinski definition) is 4. The summed E-state index contributed by atoms with van der Waals surface area (Å²) in [6, 6.07) is 10.6. The normalized spacial score (nSPS) is 18.4. The van der Waals surface area contributed by atoms with Crippen molar-refractivity contribution in [2.75, 3.05) is 20.1 Å². The quantitative estimate of drug-likeness (QED) is 0.943. The maximum atomic E-state index is 12.6. The molecule has 0 aliphatic carbocycles. The van der Waals surface area contributed by atoms with Crippen molar-refractivity contribution < 1.29 is 4.79 Å². The summed E-state index contributed by atoms with van der Waals surface area (Å²) in [5.74, 6) is 0.0653. The molecule has 4 nitrogen and oxygen atoms in total. The molecule has 1 amide bonds. The monoisotopic (exact) mass is 315 g/mol. The van der Waals surface area contributed by atoms with Gasteiger partial charge in [-0.1, -0.05) is 30.3 Å². The maximum Gasteiger partial charge on any atom is 0.273 e. The zero-order valence-corrected chi connectivity index (χ0v) is 13.6. The summed E-state index contributed by atoms with van der Waals surface area (Å²) in [6.45, 7) is 1.61. The van der Waals surface area contributed by atoms with Gasteiger partial charge in [0.15, 0.2) is 0 Å². The number of amides is 1. The summed E-state index contributed by atoms with van der Waals surface area (Å²) in [5, 5.41) is 6.16. The molecule has 1 aromatic heterocycles. The molecule has 0 spiro atoms. The molecule has 0 bridgehead atoms. The number of carbonyl (C=O) groups is 1. The Balaban J connectivity index is 1.66. The van der Waals surface area contributed by atoms with Crippen LogP contribution >= 0.6 is 11.3 Å². The van der Waals surface area contributed by atoms with Crippen molar-refractivity contribution in [2.45, 2.75) is 25.3 Å². The molecule has 2 aromatic rings. The van der Waals surface area contributed by atoms with Crippen molar-refractivity contribution >= 4 is 17.2 Å². The van der Waals surface area contributed by atoms with Gasteiger partial charge in [-0.05, 0) is 25.5 Å². The molecule has 1 atom stereocenters. The number of rotatable bonds is 4. The molecule has 5 heteroatoms. The lowest BCUT2D eigenvalue weighted by atomic mass is 10.1. The molecule has 1 aromatic carbocycles. The number of hydrogen-bond donors (Lipinski definition) is 1. The fraction of sp³-hybridized carbons (Fsp3) is 0.412. The van der Waals surface area contributed by atoms with Crippen LogP contribution in [0.25, 0.3) is 0 Å². The summed E-state index contributed by atoms with van der Waals surface area (Å²) >= 11 is 1.57. The van der Waals surface area contributed by atoms with Gasteiger partial charge in [-0.2, -0.15) is 0 Å². The molecule has 0 radical (unpaired) electrons. The molecule has 1 fully saturated rings. The minimum Gasteiger partial charge on any atom is -0.336 e. The molecular formula is C17H21N3OS. The van der Waals surface area contributed by atoms with Crippen molar-refractivity contribution in [3.05, 3.63) is 52.0 Å². The highest BCUT2D eigenvalue weighted by Gasteiger charge is 2.24. The lowest BCUT2D eigenvalue weighted by Crippen LogP contribution is -2.47. The van der Waals surface area contributed by atoms with Crippen molar-refractivity contribution in [1.82, 2.24) is 15.2 Å². The Hall–Kier alpha value is -1.72. The van der Waals surface area contributed by atoms with E-state index in [2.05, 4.69) is 22.4 Å². The number of piperidine rings is 1. The standard InChI is InChI=1S/C17H21N3OS/c1-18-14-8-5-9-20(11-14)17(21)15-12-22-16(19-15)10-13-6-3-2-4-7-13/h2-4,6-7,12,14,18H,5,8-11H2,1H3. The van der Waals surface area contributed by atoms with Crippen LogP contribution in [0, 0.1) is 0 Å². The molecule has 1 aliphatic rings.